The topological polar surface area (TPSA) is 55.6 Å². The van der Waals surface area contributed by atoms with Crippen molar-refractivity contribution in [2.75, 3.05) is 13.1 Å². The normalized spacial score (nSPS) is 22.5. The molecule has 1 saturated heterocycles. The molecule has 0 saturated carbocycles. The second-order valence-electron chi connectivity index (χ2n) is 4.35. The molecule has 0 aromatic rings. The van der Waals surface area contributed by atoms with Crippen molar-refractivity contribution in [1.82, 2.24) is 4.90 Å². The minimum atomic E-state index is -0.411. The Labute approximate surface area is 79.0 Å². The first-order chi connectivity index (χ1) is 5.94. The van der Waals surface area contributed by atoms with Crippen LogP contribution in [0.1, 0.15) is 27.2 Å². The number of ether oxygens (including phenoxy) is 1. The molecule has 76 valence electrons. The second-order valence-corrected chi connectivity index (χ2v) is 4.35. The Bertz CT molecular complexity index is 196. The molecule has 4 nitrogen and oxygen atoms in total. The van der Waals surface area contributed by atoms with E-state index in [9.17, 15) is 4.79 Å². The summed E-state index contributed by atoms with van der Waals surface area (Å²) >= 11 is 0. The van der Waals surface area contributed by atoms with Gasteiger partial charge in [0.1, 0.15) is 5.60 Å². The highest BCUT2D eigenvalue weighted by atomic mass is 16.6. The largest absolute Gasteiger partial charge is 0.444 e. The van der Waals surface area contributed by atoms with Gasteiger partial charge >= 0.3 is 6.09 Å². The molecule has 1 heterocycles. The second kappa shape index (κ2) is 3.54. The van der Waals surface area contributed by atoms with Gasteiger partial charge in [-0.1, -0.05) is 0 Å². The molecule has 13 heavy (non-hydrogen) atoms. The van der Waals surface area contributed by atoms with E-state index in [1.807, 2.05) is 20.8 Å². The summed E-state index contributed by atoms with van der Waals surface area (Å²) in [6, 6.07) is 0.190. The van der Waals surface area contributed by atoms with Crippen LogP contribution in [0, 0.1) is 0 Å². The highest BCUT2D eigenvalue weighted by Crippen LogP contribution is 2.19. The number of hydrogen-bond acceptors (Lipinski definition) is 3. The molecule has 0 aromatic heterocycles. The molecule has 1 aliphatic heterocycles. The van der Waals surface area contributed by atoms with Crippen molar-refractivity contribution in [2.45, 2.75) is 38.8 Å². The molecular formula is C9H18N2O2. The van der Waals surface area contributed by atoms with E-state index in [0.29, 0.717) is 6.54 Å². The number of rotatable bonds is 1. The molecule has 4 heteroatoms. The number of hydrogen-bond donors (Lipinski definition) is 1. The van der Waals surface area contributed by atoms with Crippen LogP contribution >= 0.6 is 0 Å². The molecular weight excluding hydrogens is 168 g/mol. The summed E-state index contributed by atoms with van der Waals surface area (Å²) in [4.78, 5) is 13.1. The maximum absolute atomic E-state index is 11.5. The highest BCUT2D eigenvalue weighted by Gasteiger charge is 2.33. The summed E-state index contributed by atoms with van der Waals surface area (Å²) in [6.07, 6.45) is 0.754. The SMILES string of the molecule is CC(C)(C)OC(=O)N1CCC1CN. The van der Waals surface area contributed by atoms with Crippen molar-refractivity contribution in [2.24, 2.45) is 5.73 Å². The fourth-order valence-corrected chi connectivity index (χ4v) is 1.25. The summed E-state index contributed by atoms with van der Waals surface area (Å²) in [7, 11) is 0. The monoisotopic (exact) mass is 186 g/mol. The van der Waals surface area contributed by atoms with Crippen molar-refractivity contribution in [3.05, 3.63) is 0 Å². The maximum atomic E-state index is 11.5. The summed E-state index contributed by atoms with van der Waals surface area (Å²) < 4.78 is 5.21. The van der Waals surface area contributed by atoms with E-state index in [1.165, 1.54) is 0 Å². The molecule has 2 N–H and O–H groups in total. The third-order valence-corrected chi connectivity index (χ3v) is 2.04. The van der Waals surface area contributed by atoms with Gasteiger partial charge in [-0.25, -0.2) is 4.79 Å². The Hall–Kier alpha value is -0.770. The standard InChI is InChI=1S/C9H18N2O2/c1-9(2,3)13-8(12)11-5-4-7(11)6-10/h7H,4-6,10H2,1-3H3. The van der Waals surface area contributed by atoms with Crippen molar-refractivity contribution in [3.8, 4) is 0 Å². The molecule has 0 aromatic carbocycles. The van der Waals surface area contributed by atoms with E-state index < -0.39 is 5.60 Å². The zero-order valence-electron chi connectivity index (χ0n) is 8.54. The predicted octanol–water partition coefficient (Wildman–Crippen LogP) is 0.954. The van der Waals surface area contributed by atoms with Crippen LogP contribution in [0.5, 0.6) is 0 Å². The van der Waals surface area contributed by atoms with Gasteiger partial charge in [-0.3, -0.25) is 0 Å². The van der Waals surface area contributed by atoms with Gasteiger partial charge in [0.25, 0.3) is 0 Å². The van der Waals surface area contributed by atoms with E-state index in [1.54, 1.807) is 4.90 Å². The summed E-state index contributed by atoms with van der Waals surface area (Å²) in [5.74, 6) is 0. The summed E-state index contributed by atoms with van der Waals surface area (Å²) in [5, 5.41) is 0. The highest BCUT2D eigenvalue weighted by molar-refractivity contribution is 5.69. The zero-order valence-corrected chi connectivity index (χ0v) is 8.54. The smallest absolute Gasteiger partial charge is 0.410 e. The molecule has 1 fully saturated rings. The van der Waals surface area contributed by atoms with Gasteiger partial charge in [-0.15, -0.1) is 0 Å². The Morgan fingerprint density at radius 3 is 2.54 bits per heavy atom. The first-order valence-corrected chi connectivity index (χ1v) is 4.64. The van der Waals surface area contributed by atoms with Crippen LogP contribution in [0.25, 0.3) is 0 Å². The summed E-state index contributed by atoms with van der Waals surface area (Å²) in [6.45, 7) is 6.89. The average molecular weight is 186 g/mol. The van der Waals surface area contributed by atoms with Gasteiger partial charge in [0, 0.05) is 19.1 Å². The van der Waals surface area contributed by atoms with Crippen LogP contribution < -0.4 is 5.73 Å². The molecule has 0 radical (unpaired) electrons. The number of carbonyl (C=O) groups excluding carboxylic acids is 1. The Kier molecular flexibility index (Phi) is 2.81. The number of carbonyl (C=O) groups is 1. The lowest BCUT2D eigenvalue weighted by Gasteiger charge is -2.40. The third kappa shape index (κ3) is 2.59. The van der Waals surface area contributed by atoms with Crippen LogP contribution in [-0.2, 0) is 4.74 Å². The Morgan fingerprint density at radius 1 is 1.62 bits per heavy atom. The van der Waals surface area contributed by atoms with Gasteiger partial charge in [0.15, 0.2) is 0 Å². The molecule has 0 spiro atoms. The predicted molar refractivity (Wildman–Crippen MR) is 50.4 cm³/mol. The number of nitrogens with zero attached hydrogens (tertiary/aromatic N) is 1. The van der Waals surface area contributed by atoms with Crippen LogP contribution in [-0.4, -0.2) is 35.7 Å². The minimum absolute atomic E-state index is 0.190. The van der Waals surface area contributed by atoms with Gasteiger partial charge in [-0.05, 0) is 27.2 Å². The van der Waals surface area contributed by atoms with Crippen molar-refractivity contribution >= 4 is 6.09 Å². The fraction of sp³-hybridized carbons (Fsp3) is 0.889. The number of nitrogens with two attached hydrogens (primary N) is 1. The van der Waals surface area contributed by atoms with Crippen LogP contribution in [0.4, 0.5) is 4.79 Å². The molecule has 0 bridgehead atoms. The van der Waals surface area contributed by atoms with E-state index in [-0.39, 0.29) is 12.1 Å². The van der Waals surface area contributed by atoms with Crippen LogP contribution in [0.3, 0.4) is 0 Å². The van der Waals surface area contributed by atoms with E-state index in [2.05, 4.69) is 0 Å². The number of likely N-dealkylation sites (tertiary alicyclic amines) is 1. The lowest BCUT2D eigenvalue weighted by Crippen LogP contribution is -2.55. The molecule has 1 unspecified atom stereocenters. The molecule has 1 amide bonds. The molecule has 1 atom stereocenters. The lowest BCUT2D eigenvalue weighted by molar-refractivity contribution is -0.00346. The van der Waals surface area contributed by atoms with Crippen molar-refractivity contribution in [1.29, 1.82) is 0 Å². The Morgan fingerprint density at radius 2 is 2.23 bits per heavy atom. The van der Waals surface area contributed by atoms with Gasteiger partial charge in [0.2, 0.25) is 0 Å². The van der Waals surface area contributed by atoms with E-state index in [4.69, 9.17) is 10.5 Å². The van der Waals surface area contributed by atoms with Crippen LogP contribution in [0.15, 0.2) is 0 Å². The van der Waals surface area contributed by atoms with Crippen molar-refractivity contribution < 1.29 is 9.53 Å². The van der Waals surface area contributed by atoms with Gasteiger partial charge in [-0.2, -0.15) is 0 Å². The van der Waals surface area contributed by atoms with E-state index in [0.717, 1.165) is 13.0 Å². The lowest BCUT2D eigenvalue weighted by atomic mass is 10.0. The third-order valence-electron chi connectivity index (χ3n) is 2.04. The van der Waals surface area contributed by atoms with Gasteiger partial charge in [0.05, 0.1) is 0 Å². The number of amides is 1. The first-order valence-electron chi connectivity index (χ1n) is 4.64. The molecule has 1 rings (SSSR count). The molecule has 0 aliphatic carbocycles. The first kappa shape index (κ1) is 10.3. The average Bonchev–Trinajstić information content (AvgIpc) is 1.80. The minimum Gasteiger partial charge on any atom is -0.444 e. The van der Waals surface area contributed by atoms with Crippen LogP contribution in [0.2, 0.25) is 0 Å². The van der Waals surface area contributed by atoms with E-state index >= 15 is 0 Å². The summed E-state index contributed by atoms with van der Waals surface area (Å²) in [5.41, 5.74) is 5.07. The zero-order chi connectivity index (χ0) is 10.1. The quantitative estimate of drug-likeness (QED) is 0.663. The van der Waals surface area contributed by atoms with Crippen molar-refractivity contribution in [3.63, 3.8) is 0 Å². The fourth-order valence-electron chi connectivity index (χ4n) is 1.25. The van der Waals surface area contributed by atoms with Gasteiger partial charge < -0.3 is 15.4 Å². The maximum Gasteiger partial charge on any atom is 0.410 e. The molecule has 1 aliphatic rings. The Balaban J connectivity index is 2.40.